The van der Waals surface area contributed by atoms with E-state index in [2.05, 4.69) is 0 Å². The molecule has 80 valence electrons. The van der Waals surface area contributed by atoms with E-state index in [1.807, 2.05) is 0 Å². The highest BCUT2D eigenvalue weighted by atomic mass is 16.8. The van der Waals surface area contributed by atoms with Gasteiger partial charge in [-0.25, -0.2) is 9.59 Å². The van der Waals surface area contributed by atoms with Gasteiger partial charge in [0.05, 0.1) is 12.5 Å². The van der Waals surface area contributed by atoms with Crippen LogP contribution in [-0.4, -0.2) is 29.3 Å². The minimum Gasteiger partial charge on any atom is -0.442 e. The number of ether oxygens (including phenoxy) is 1. The molecule has 1 heterocycles. The summed E-state index contributed by atoms with van der Waals surface area (Å²) in [4.78, 5) is 27.1. The van der Waals surface area contributed by atoms with Gasteiger partial charge in [-0.1, -0.05) is 0 Å². The molecule has 1 aliphatic heterocycles. The Morgan fingerprint density at radius 2 is 2.14 bits per heavy atom. The second-order valence-corrected chi connectivity index (χ2v) is 4.35. The number of carbonyl (C=O) groups is 2. The topological polar surface area (TPSA) is 55.8 Å². The van der Waals surface area contributed by atoms with Crippen molar-refractivity contribution in [2.45, 2.75) is 33.3 Å². The number of hydrogen-bond acceptors (Lipinski definition) is 4. The van der Waals surface area contributed by atoms with Crippen LogP contribution in [0.1, 0.15) is 27.7 Å². The third-order valence-corrected chi connectivity index (χ3v) is 1.64. The molecule has 0 aromatic heterocycles. The normalized spacial score (nSPS) is 22.1. The van der Waals surface area contributed by atoms with E-state index in [0.29, 0.717) is 0 Å². The lowest BCUT2D eigenvalue weighted by Gasteiger charge is -2.22. The summed E-state index contributed by atoms with van der Waals surface area (Å²) in [6.45, 7) is 7.23. The van der Waals surface area contributed by atoms with Crippen LogP contribution in [0.3, 0.4) is 0 Å². The summed E-state index contributed by atoms with van der Waals surface area (Å²) in [5.74, 6) is -0.668. The van der Waals surface area contributed by atoms with Crippen molar-refractivity contribution in [3.63, 3.8) is 0 Å². The fraction of sp³-hybridized carbons (Fsp3) is 0.778. The lowest BCUT2D eigenvalue weighted by molar-refractivity contribution is -0.167. The lowest BCUT2D eigenvalue weighted by atomic mass is 10.2. The van der Waals surface area contributed by atoms with Crippen LogP contribution >= 0.6 is 0 Å². The highest BCUT2D eigenvalue weighted by Gasteiger charge is 2.35. The van der Waals surface area contributed by atoms with Crippen molar-refractivity contribution in [2.24, 2.45) is 5.92 Å². The predicted molar refractivity (Wildman–Crippen MR) is 48.2 cm³/mol. The zero-order valence-electron chi connectivity index (χ0n) is 8.86. The highest BCUT2D eigenvalue weighted by molar-refractivity contribution is 5.78. The van der Waals surface area contributed by atoms with Gasteiger partial charge in [0.15, 0.2) is 0 Å². The molecule has 0 spiro atoms. The third kappa shape index (κ3) is 2.61. The molecule has 0 radical (unpaired) electrons. The summed E-state index contributed by atoms with van der Waals surface area (Å²) in [5.41, 5.74) is -0.574. The maximum Gasteiger partial charge on any atom is 0.443 e. The zero-order valence-corrected chi connectivity index (χ0v) is 8.86. The molecule has 5 nitrogen and oxygen atoms in total. The Labute approximate surface area is 82.9 Å². The summed E-state index contributed by atoms with van der Waals surface area (Å²) >= 11 is 0. The van der Waals surface area contributed by atoms with Crippen LogP contribution in [0.5, 0.6) is 0 Å². The zero-order chi connectivity index (χ0) is 10.9. The molecule has 1 fully saturated rings. The first-order chi connectivity index (χ1) is 6.29. The number of carbonyl (C=O) groups excluding carboxylic acids is 2. The van der Waals surface area contributed by atoms with Gasteiger partial charge in [-0.2, -0.15) is 0 Å². The van der Waals surface area contributed by atoms with Gasteiger partial charge >= 0.3 is 12.1 Å². The second kappa shape index (κ2) is 3.48. The van der Waals surface area contributed by atoms with Crippen LogP contribution < -0.4 is 0 Å². The third-order valence-electron chi connectivity index (χ3n) is 1.64. The number of hydrogen-bond donors (Lipinski definition) is 0. The molecule has 0 aliphatic carbocycles. The first kappa shape index (κ1) is 10.8. The maximum atomic E-state index is 11.4. The van der Waals surface area contributed by atoms with E-state index >= 15 is 0 Å². The molecular formula is C9H15NO4. The van der Waals surface area contributed by atoms with Crippen molar-refractivity contribution in [3.8, 4) is 0 Å². The van der Waals surface area contributed by atoms with Crippen molar-refractivity contribution < 1.29 is 19.2 Å². The van der Waals surface area contributed by atoms with E-state index in [0.717, 1.165) is 5.06 Å². The van der Waals surface area contributed by atoms with Crippen LogP contribution in [-0.2, 0) is 14.4 Å². The first-order valence-electron chi connectivity index (χ1n) is 4.52. The molecule has 1 aliphatic rings. The Balaban J connectivity index is 2.52. The van der Waals surface area contributed by atoms with Crippen LogP contribution in [0.25, 0.3) is 0 Å². The fourth-order valence-electron chi connectivity index (χ4n) is 0.984. The van der Waals surface area contributed by atoms with Gasteiger partial charge in [-0.3, -0.25) is 0 Å². The van der Waals surface area contributed by atoms with Crippen LogP contribution in [0, 0.1) is 5.92 Å². The van der Waals surface area contributed by atoms with Crippen molar-refractivity contribution in [3.05, 3.63) is 0 Å². The maximum absolute atomic E-state index is 11.4. The predicted octanol–water partition coefficient (Wildman–Crippen LogP) is 1.33. The summed E-state index contributed by atoms with van der Waals surface area (Å²) in [7, 11) is 0. The molecule has 0 aromatic carbocycles. The van der Waals surface area contributed by atoms with Gasteiger partial charge in [-0.15, -0.1) is 5.06 Å². The van der Waals surface area contributed by atoms with Crippen molar-refractivity contribution >= 4 is 12.1 Å². The molecule has 1 atom stereocenters. The van der Waals surface area contributed by atoms with Crippen molar-refractivity contribution in [1.82, 2.24) is 5.06 Å². The molecular weight excluding hydrogens is 186 g/mol. The number of nitrogens with zero attached hydrogens (tertiary/aromatic N) is 1. The lowest BCUT2D eigenvalue weighted by Crippen LogP contribution is -2.34. The second-order valence-electron chi connectivity index (χ2n) is 4.35. The number of rotatable bonds is 0. The Hall–Kier alpha value is -1.26. The van der Waals surface area contributed by atoms with E-state index in [4.69, 9.17) is 9.57 Å². The van der Waals surface area contributed by atoms with E-state index in [1.165, 1.54) is 0 Å². The van der Waals surface area contributed by atoms with Crippen molar-refractivity contribution in [1.29, 1.82) is 0 Å². The summed E-state index contributed by atoms with van der Waals surface area (Å²) in [6, 6.07) is 0. The average Bonchev–Trinajstić information content (AvgIpc) is 2.28. The molecule has 0 bridgehead atoms. The fourth-order valence-corrected chi connectivity index (χ4v) is 0.984. The van der Waals surface area contributed by atoms with E-state index < -0.39 is 17.7 Å². The molecule has 0 unspecified atom stereocenters. The van der Waals surface area contributed by atoms with Crippen molar-refractivity contribution in [2.75, 3.05) is 6.54 Å². The summed E-state index contributed by atoms with van der Waals surface area (Å²) in [5, 5.41) is 0.957. The SMILES string of the molecule is C[C@@H]1CN(C(=O)OC(C)(C)C)OC1=O. The Morgan fingerprint density at radius 1 is 1.57 bits per heavy atom. The monoisotopic (exact) mass is 201 g/mol. The minimum atomic E-state index is -0.616. The molecule has 0 N–H and O–H groups in total. The standard InChI is InChI=1S/C9H15NO4/c1-6-5-10(14-7(6)11)8(12)13-9(2,3)4/h6H,5H2,1-4H3/t6-/m1/s1. The molecule has 1 saturated heterocycles. The van der Waals surface area contributed by atoms with Gasteiger partial charge in [0, 0.05) is 0 Å². The largest absolute Gasteiger partial charge is 0.443 e. The summed E-state index contributed by atoms with van der Waals surface area (Å²) in [6.07, 6.45) is -0.616. The van der Waals surface area contributed by atoms with E-state index in [1.54, 1.807) is 27.7 Å². The van der Waals surface area contributed by atoms with Gasteiger partial charge in [0.25, 0.3) is 0 Å². The Kier molecular flexibility index (Phi) is 2.69. The van der Waals surface area contributed by atoms with Crippen LogP contribution in [0.4, 0.5) is 4.79 Å². The van der Waals surface area contributed by atoms with E-state index in [9.17, 15) is 9.59 Å². The first-order valence-corrected chi connectivity index (χ1v) is 4.52. The van der Waals surface area contributed by atoms with E-state index in [-0.39, 0.29) is 12.5 Å². The Morgan fingerprint density at radius 3 is 2.50 bits per heavy atom. The molecule has 0 saturated carbocycles. The highest BCUT2D eigenvalue weighted by Crippen LogP contribution is 2.17. The number of hydroxylamine groups is 2. The van der Waals surface area contributed by atoms with Crippen LogP contribution in [0.2, 0.25) is 0 Å². The quantitative estimate of drug-likeness (QED) is 0.593. The number of amides is 1. The van der Waals surface area contributed by atoms with Gasteiger partial charge in [-0.05, 0) is 27.7 Å². The Bertz CT molecular complexity index is 256. The summed E-state index contributed by atoms with van der Waals surface area (Å²) < 4.78 is 5.03. The van der Waals surface area contributed by atoms with Crippen LogP contribution in [0.15, 0.2) is 0 Å². The molecule has 1 rings (SSSR count). The molecule has 5 heteroatoms. The smallest absolute Gasteiger partial charge is 0.442 e. The molecule has 0 aromatic rings. The molecule has 1 amide bonds. The van der Waals surface area contributed by atoms with Gasteiger partial charge in [0.1, 0.15) is 5.60 Å². The van der Waals surface area contributed by atoms with Gasteiger partial charge in [0.2, 0.25) is 0 Å². The molecule has 14 heavy (non-hydrogen) atoms. The average molecular weight is 201 g/mol. The minimum absolute atomic E-state index is 0.258. The van der Waals surface area contributed by atoms with Gasteiger partial charge < -0.3 is 9.57 Å².